The Kier molecular flexibility index (Phi) is 5.09. The van der Waals surface area contributed by atoms with E-state index in [0.29, 0.717) is 36.3 Å². The lowest BCUT2D eigenvalue weighted by atomic mass is 9.97. The molecule has 1 fully saturated rings. The Labute approximate surface area is 179 Å². The van der Waals surface area contributed by atoms with Gasteiger partial charge in [0.15, 0.2) is 11.5 Å². The number of likely N-dealkylation sites (tertiary alicyclic amines) is 1. The molecule has 6 nitrogen and oxygen atoms in total. The van der Waals surface area contributed by atoms with Crippen molar-refractivity contribution in [3.8, 4) is 11.5 Å². The number of hydrogen-bond donors (Lipinski definition) is 1. The molecule has 30 heavy (non-hydrogen) atoms. The number of fused-ring (bicyclic) bond motifs is 2. The highest BCUT2D eigenvalue weighted by molar-refractivity contribution is 6.32. The van der Waals surface area contributed by atoms with E-state index >= 15 is 0 Å². The van der Waals surface area contributed by atoms with Gasteiger partial charge in [-0.3, -0.25) is 4.79 Å². The fourth-order valence-corrected chi connectivity index (χ4v) is 4.34. The van der Waals surface area contributed by atoms with Crippen molar-refractivity contribution in [2.24, 2.45) is 0 Å². The molecule has 2 aromatic carbocycles. The molecule has 0 aliphatic carbocycles. The van der Waals surface area contributed by atoms with Crippen LogP contribution in [0.4, 0.5) is 0 Å². The van der Waals surface area contributed by atoms with Crippen molar-refractivity contribution in [1.29, 1.82) is 0 Å². The van der Waals surface area contributed by atoms with Crippen LogP contribution in [-0.2, 0) is 4.79 Å². The summed E-state index contributed by atoms with van der Waals surface area (Å²) in [6.45, 7) is 2.39. The maximum Gasteiger partial charge on any atom is 0.246 e. The molecule has 2 aliphatic rings. The van der Waals surface area contributed by atoms with Gasteiger partial charge in [-0.15, -0.1) is 0 Å². The number of benzene rings is 2. The number of aromatic amines is 1. The first-order chi connectivity index (χ1) is 14.7. The third kappa shape index (κ3) is 3.75. The van der Waals surface area contributed by atoms with Crippen LogP contribution in [0, 0.1) is 0 Å². The summed E-state index contributed by atoms with van der Waals surface area (Å²) in [6, 6.07) is 11.6. The van der Waals surface area contributed by atoms with Gasteiger partial charge in [0.2, 0.25) is 5.91 Å². The van der Waals surface area contributed by atoms with E-state index in [1.165, 1.54) is 0 Å². The van der Waals surface area contributed by atoms with Crippen molar-refractivity contribution in [2.75, 3.05) is 26.3 Å². The van der Waals surface area contributed by atoms with Crippen molar-refractivity contribution in [1.82, 2.24) is 14.9 Å². The number of halogens is 1. The summed E-state index contributed by atoms with van der Waals surface area (Å²) in [4.78, 5) is 22.8. The molecule has 0 bridgehead atoms. The van der Waals surface area contributed by atoms with E-state index in [1.807, 2.05) is 35.2 Å². The second kappa shape index (κ2) is 8.03. The predicted molar refractivity (Wildman–Crippen MR) is 116 cm³/mol. The van der Waals surface area contributed by atoms with Crippen molar-refractivity contribution < 1.29 is 14.3 Å². The van der Waals surface area contributed by atoms with Gasteiger partial charge >= 0.3 is 0 Å². The van der Waals surface area contributed by atoms with Crippen LogP contribution in [0.3, 0.4) is 0 Å². The van der Waals surface area contributed by atoms with Gasteiger partial charge in [-0.25, -0.2) is 4.98 Å². The van der Waals surface area contributed by atoms with Crippen molar-refractivity contribution in [3.05, 3.63) is 58.9 Å². The number of carbonyl (C=O) groups excluding carboxylic acids is 1. The van der Waals surface area contributed by atoms with Gasteiger partial charge in [-0.2, -0.15) is 0 Å². The number of ether oxygens (including phenoxy) is 2. The number of imidazole rings is 1. The third-order valence-corrected chi connectivity index (χ3v) is 5.85. The van der Waals surface area contributed by atoms with Crippen LogP contribution in [0.15, 0.2) is 42.5 Å². The van der Waals surface area contributed by atoms with Crippen LogP contribution in [0.1, 0.15) is 30.1 Å². The van der Waals surface area contributed by atoms with E-state index in [9.17, 15) is 4.79 Å². The molecule has 1 saturated heterocycles. The molecule has 0 saturated carbocycles. The van der Waals surface area contributed by atoms with Crippen molar-refractivity contribution >= 4 is 34.6 Å². The summed E-state index contributed by atoms with van der Waals surface area (Å²) in [7, 11) is 0. The summed E-state index contributed by atoms with van der Waals surface area (Å²) in [5.41, 5.74) is 2.81. The molecular weight excluding hydrogens is 402 g/mol. The molecule has 2 aliphatic heterocycles. The molecule has 1 amide bonds. The number of H-pyrrole nitrogens is 1. The molecule has 1 unspecified atom stereocenters. The zero-order valence-electron chi connectivity index (χ0n) is 16.4. The van der Waals surface area contributed by atoms with Crippen LogP contribution in [0.2, 0.25) is 5.02 Å². The Balaban J connectivity index is 1.29. The predicted octanol–water partition coefficient (Wildman–Crippen LogP) is 4.41. The number of amides is 1. The zero-order chi connectivity index (χ0) is 20.5. The van der Waals surface area contributed by atoms with Gasteiger partial charge in [-0.1, -0.05) is 23.7 Å². The van der Waals surface area contributed by atoms with Gasteiger partial charge in [0, 0.05) is 25.1 Å². The summed E-state index contributed by atoms with van der Waals surface area (Å²) < 4.78 is 11.1. The van der Waals surface area contributed by atoms with E-state index in [-0.39, 0.29) is 11.8 Å². The topological polar surface area (TPSA) is 67.5 Å². The van der Waals surface area contributed by atoms with Gasteiger partial charge < -0.3 is 19.4 Å². The number of rotatable bonds is 3. The number of carbonyl (C=O) groups is 1. The first kappa shape index (κ1) is 19.0. The van der Waals surface area contributed by atoms with Gasteiger partial charge in [0.25, 0.3) is 0 Å². The van der Waals surface area contributed by atoms with E-state index in [0.717, 1.165) is 41.8 Å². The van der Waals surface area contributed by atoms with E-state index in [4.69, 9.17) is 26.1 Å². The molecular formula is C23H22ClN3O3. The van der Waals surface area contributed by atoms with Crippen LogP contribution in [0.25, 0.3) is 17.1 Å². The highest BCUT2D eigenvalue weighted by atomic mass is 35.5. The third-order valence-electron chi connectivity index (χ3n) is 5.56. The number of nitrogens with one attached hydrogen (secondary N) is 1. The van der Waals surface area contributed by atoms with Crippen LogP contribution in [-0.4, -0.2) is 47.1 Å². The Morgan fingerprint density at radius 2 is 2.10 bits per heavy atom. The number of hydrogen-bond acceptors (Lipinski definition) is 4. The second-order valence-electron chi connectivity index (χ2n) is 7.62. The number of piperidine rings is 1. The molecule has 7 heteroatoms. The zero-order valence-corrected chi connectivity index (χ0v) is 17.2. The largest absolute Gasteiger partial charge is 0.486 e. The van der Waals surface area contributed by atoms with E-state index in [2.05, 4.69) is 4.98 Å². The lowest BCUT2D eigenvalue weighted by Crippen LogP contribution is -2.38. The lowest BCUT2D eigenvalue weighted by Gasteiger charge is -2.31. The Morgan fingerprint density at radius 1 is 1.23 bits per heavy atom. The molecule has 3 heterocycles. The van der Waals surface area contributed by atoms with E-state index < -0.39 is 0 Å². The number of aromatic nitrogens is 2. The average molecular weight is 424 g/mol. The number of para-hydroxylation sites is 2. The fraction of sp³-hybridized carbons (Fsp3) is 0.304. The monoisotopic (exact) mass is 423 g/mol. The molecule has 1 N–H and O–H groups in total. The quantitative estimate of drug-likeness (QED) is 0.634. The van der Waals surface area contributed by atoms with Crippen molar-refractivity contribution in [3.63, 3.8) is 0 Å². The maximum atomic E-state index is 12.8. The van der Waals surface area contributed by atoms with Gasteiger partial charge in [-0.05, 0) is 48.7 Å². The Hall–Kier alpha value is -2.99. The summed E-state index contributed by atoms with van der Waals surface area (Å²) in [5, 5.41) is 0.488. The normalized spacial score (nSPS) is 18.8. The summed E-state index contributed by atoms with van der Waals surface area (Å²) in [5.74, 6) is 2.34. The molecule has 0 radical (unpaired) electrons. The summed E-state index contributed by atoms with van der Waals surface area (Å²) in [6.07, 6.45) is 5.35. The van der Waals surface area contributed by atoms with Crippen LogP contribution < -0.4 is 9.47 Å². The van der Waals surface area contributed by atoms with E-state index in [1.54, 1.807) is 18.2 Å². The Morgan fingerprint density at radius 3 is 3.00 bits per heavy atom. The molecule has 154 valence electrons. The SMILES string of the molecule is O=C(/C=C/c1cc(Cl)c2c(c1)OCCO2)N1CCCC(c2nc3ccccc3[nH]2)C1. The highest BCUT2D eigenvalue weighted by Gasteiger charge is 2.26. The molecule has 1 aromatic heterocycles. The minimum absolute atomic E-state index is 0.0122. The van der Waals surface area contributed by atoms with Gasteiger partial charge in [0.05, 0.1) is 16.1 Å². The average Bonchev–Trinajstić information content (AvgIpc) is 3.22. The van der Waals surface area contributed by atoms with Crippen LogP contribution >= 0.6 is 11.6 Å². The van der Waals surface area contributed by atoms with Crippen molar-refractivity contribution in [2.45, 2.75) is 18.8 Å². The Bertz CT molecular complexity index is 1090. The first-order valence-electron chi connectivity index (χ1n) is 10.2. The fourth-order valence-electron chi connectivity index (χ4n) is 4.07. The molecule has 5 rings (SSSR count). The molecule has 3 aromatic rings. The smallest absolute Gasteiger partial charge is 0.246 e. The maximum absolute atomic E-state index is 12.8. The second-order valence-corrected chi connectivity index (χ2v) is 8.03. The van der Waals surface area contributed by atoms with Crippen LogP contribution in [0.5, 0.6) is 11.5 Å². The minimum atomic E-state index is -0.0122. The standard InChI is InChI=1S/C23H22ClN3O3/c24-17-12-15(13-20-22(17)30-11-10-29-20)7-8-21(28)27-9-3-4-16(14-27)23-25-18-5-1-2-6-19(18)26-23/h1-2,5-8,12-13,16H,3-4,9-11,14H2,(H,25,26)/b8-7+. The molecule has 1 atom stereocenters. The highest BCUT2D eigenvalue weighted by Crippen LogP contribution is 2.38. The summed E-state index contributed by atoms with van der Waals surface area (Å²) >= 11 is 6.29. The lowest BCUT2D eigenvalue weighted by molar-refractivity contribution is -0.127. The molecule has 0 spiro atoms. The first-order valence-corrected chi connectivity index (χ1v) is 10.6. The number of nitrogens with zero attached hydrogens (tertiary/aromatic N) is 2. The minimum Gasteiger partial charge on any atom is -0.486 e. The van der Waals surface area contributed by atoms with Gasteiger partial charge in [0.1, 0.15) is 19.0 Å².